The molecule has 1 aliphatic rings. The first kappa shape index (κ1) is 20.6. The zero-order valence-corrected chi connectivity index (χ0v) is 17.4. The summed E-state index contributed by atoms with van der Waals surface area (Å²) in [6, 6.07) is 16.0. The van der Waals surface area contributed by atoms with Crippen LogP contribution >= 0.6 is 11.6 Å². The van der Waals surface area contributed by atoms with Crippen LogP contribution in [0.15, 0.2) is 78.6 Å². The summed E-state index contributed by atoms with van der Waals surface area (Å²) in [5.74, 6) is -1.18. The lowest BCUT2D eigenvalue weighted by Gasteiger charge is -2.25. The van der Waals surface area contributed by atoms with E-state index in [2.05, 4.69) is 4.98 Å². The maximum absolute atomic E-state index is 13.1. The van der Waals surface area contributed by atoms with Gasteiger partial charge in [-0.25, -0.2) is 0 Å². The lowest BCUT2D eigenvalue weighted by molar-refractivity contribution is -0.132. The van der Waals surface area contributed by atoms with Gasteiger partial charge in [0.2, 0.25) is 0 Å². The van der Waals surface area contributed by atoms with Gasteiger partial charge in [-0.2, -0.15) is 0 Å². The zero-order valence-electron chi connectivity index (χ0n) is 16.7. The summed E-state index contributed by atoms with van der Waals surface area (Å²) < 4.78 is 5.56. The average molecular weight is 435 g/mol. The molecule has 1 N–H and O–H groups in total. The minimum atomic E-state index is -0.824. The second-order valence-corrected chi connectivity index (χ2v) is 7.32. The molecule has 7 heteroatoms. The Hall–Kier alpha value is -3.64. The third kappa shape index (κ3) is 3.90. The number of aromatic nitrogens is 1. The highest BCUT2D eigenvalue weighted by atomic mass is 35.5. The van der Waals surface area contributed by atoms with Crippen molar-refractivity contribution in [2.75, 3.05) is 11.5 Å². The summed E-state index contributed by atoms with van der Waals surface area (Å²) in [5.41, 5.74) is 1.53. The van der Waals surface area contributed by atoms with Gasteiger partial charge in [0.05, 0.1) is 18.2 Å². The Kier molecular flexibility index (Phi) is 5.73. The molecular weight excluding hydrogens is 416 g/mol. The van der Waals surface area contributed by atoms with Gasteiger partial charge in [0.25, 0.3) is 11.7 Å². The molecule has 1 unspecified atom stereocenters. The van der Waals surface area contributed by atoms with E-state index in [0.29, 0.717) is 34.2 Å². The van der Waals surface area contributed by atoms with Gasteiger partial charge < -0.3 is 9.84 Å². The maximum Gasteiger partial charge on any atom is 0.300 e. The summed E-state index contributed by atoms with van der Waals surface area (Å²) in [5, 5.41) is 11.5. The second-order valence-electron chi connectivity index (χ2n) is 6.89. The van der Waals surface area contributed by atoms with Crippen molar-refractivity contribution in [3.63, 3.8) is 0 Å². The minimum Gasteiger partial charge on any atom is -0.507 e. The molecule has 1 aliphatic heterocycles. The number of hydrogen-bond donors (Lipinski definition) is 1. The van der Waals surface area contributed by atoms with Gasteiger partial charge in [-0.1, -0.05) is 17.7 Å². The van der Waals surface area contributed by atoms with Gasteiger partial charge in [-0.05, 0) is 61.0 Å². The molecule has 6 nitrogen and oxygen atoms in total. The van der Waals surface area contributed by atoms with Crippen molar-refractivity contribution < 1.29 is 19.4 Å². The third-order valence-electron chi connectivity index (χ3n) is 4.99. The maximum atomic E-state index is 13.1. The SMILES string of the molecule is CCOc1cccc(N2C(=O)C(=O)/C(=C(/O)c3ccc(Cl)cc3)C2c2ccncc2)c1. The van der Waals surface area contributed by atoms with E-state index < -0.39 is 17.7 Å². The number of rotatable bonds is 5. The molecular formula is C24H19ClN2O4. The van der Waals surface area contributed by atoms with Crippen LogP contribution in [0.3, 0.4) is 0 Å². The molecule has 4 rings (SSSR count). The number of ether oxygens (including phenoxy) is 1. The monoisotopic (exact) mass is 434 g/mol. The highest BCUT2D eigenvalue weighted by Crippen LogP contribution is 2.42. The average Bonchev–Trinajstić information content (AvgIpc) is 3.05. The summed E-state index contributed by atoms with van der Waals surface area (Å²) in [6.07, 6.45) is 3.16. The van der Waals surface area contributed by atoms with E-state index in [4.69, 9.17) is 16.3 Å². The zero-order chi connectivity index (χ0) is 22.0. The van der Waals surface area contributed by atoms with Crippen molar-refractivity contribution in [2.45, 2.75) is 13.0 Å². The van der Waals surface area contributed by atoms with Crippen molar-refractivity contribution >= 4 is 34.7 Å². The highest BCUT2D eigenvalue weighted by molar-refractivity contribution is 6.51. The molecule has 2 aromatic carbocycles. The Balaban J connectivity index is 1.91. The van der Waals surface area contributed by atoms with Crippen LogP contribution in [-0.4, -0.2) is 28.4 Å². The van der Waals surface area contributed by atoms with Crippen LogP contribution in [-0.2, 0) is 9.59 Å². The number of carbonyl (C=O) groups excluding carboxylic acids is 2. The molecule has 2 heterocycles. The standard InChI is InChI=1S/C24H19ClN2O4/c1-2-31-19-5-3-4-18(14-19)27-21(15-10-12-26-13-11-15)20(23(29)24(27)30)22(28)16-6-8-17(25)9-7-16/h3-14,21,28H,2H2,1H3/b22-20+. The van der Waals surface area contributed by atoms with Crippen LogP contribution in [0.25, 0.3) is 5.76 Å². The summed E-state index contributed by atoms with van der Waals surface area (Å²) in [6.45, 7) is 2.33. The van der Waals surface area contributed by atoms with Crippen LogP contribution in [0.2, 0.25) is 5.02 Å². The molecule has 156 valence electrons. The number of pyridine rings is 1. The Labute approximate surface area is 184 Å². The number of Topliss-reactive ketones (excluding diaryl/α,β-unsaturated/α-hetero) is 1. The van der Waals surface area contributed by atoms with E-state index in [-0.39, 0.29) is 11.3 Å². The van der Waals surface area contributed by atoms with Crippen molar-refractivity contribution in [2.24, 2.45) is 0 Å². The first-order valence-corrected chi connectivity index (χ1v) is 10.1. The van der Waals surface area contributed by atoms with Crippen LogP contribution in [0.4, 0.5) is 5.69 Å². The largest absolute Gasteiger partial charge is 0.507 e. The number of hydrogen-bond acceptors (Lipinski definition) is 5. The van der Waals surface area contributed by atoms with Crippen LogP contribution in [0.5, 0.6) is 5.75 Å². The number of carbonyl (C=O) groups is 2. The Bertz CT molecular complexity index is 1160. The summed E-state index contributed by atoms with van der Waals surface area (Å²) in [7, 11) is 0. The van der Waals surface area contributed by atoms with Crippen molar-refractivity contribution in [1.82, 2.24) is 4.98 Å². The van der Waals surface area contributed by atoms with Gasteiger partial charge in [-0.15, -0.1) is 0 Å². The van der Waals surface area contributed by atoms with E-state index in [1.54, 1.807) is 73.1 Å². The fraction of sp³-hybridized carbons (Fsp3) is 0.125. The summed E-state index contributed by atoms with van der Waals surface area (Å²) >= 11 is 5.95. The number of halogens is 1. The lowest BCUT2D eigenvalue weighted by Crippen LogP contribution is -2.29. The van der Waals surface area contributed by atoms with Crippen LogP contribution in [0.1, 0.15) is 24.1 Å². The fourth-order valence-electron chi connectivity index (χ4n) is 3.61. The Morgan fingerprint density at radius 3 is 2.48 bits per heavy atom. The molecule has 1 atom stereocenters. The molecule has 0 saturated carbocycles. The second kappa shape index (κ2) is 8.62. The molecule has 31 heavy (non-hydrogen) atoms. The van der Waals surface area contributed by atoms with E-state index >= 15 is 0 Å². The molecule has 1 amide bonds. The van der Waals surface area contributed by atoms with Crippen LogP contribution in [0, 0.1) is 0 Å². The predicted molar refractivity (Wildman–Crippen MR) is 118 cm³/mol. The van der Waals surface area contributed by atoms with Gasteiger partial charge in [0.15, 0.2) is 0 Å². The van der Waals surface area contributed by atoms with E-state index in [9.17, 15) is 14.7 Å². The number of nitrogens with zero attached hydrogens (tertiary/aromatic N) is 2. The smallest absolute Gasteiger partial charge is 0.300 e. The van der Waals surface area contributed by atoms with Gasteiger partial charge in [0, 0.05) is 34.7 Å². The first-order chi connectivity index (χ1) is 15.0. The minimum absolute atomic E-state index is 0.000311. The number of aliphatic hydroxyl groups is 1. The number of aliphatic hydroxyl groups excluding tert-OH is 1. The Morgan fingerprint density at radius 2 is 1.81 bits per heavy atom. The van der Waals surface area contributed by atoms with Crippen molar-refractivity contribution in [1.29, 1.82) is 0 Å². The van der Waals surface area contributed by atoms with Gasteiger partial charge in [0.1, 0.15) is 11.5 Å². The summed E-state index contributed by atoms with van der Waals surface area (Å²) in [4.78, 5) is 31.6. The third-order valence-corrected chi connectivity index (χ3v) is 5.24. The Morgan fingerprint density at radius 1 is 1.10 bits per heavy atom. The van der Waals surface area contributed by atoms with Gasteiger partial charge in [-0.3, -0.25) is 19.5 Å². The normalized spacial score (nSPS) is 17.7. The lowest BCUT2D eigenvalue weighted by atomic mass is 9.96. The van der Waals surface area contributed by atoms with Crippen molar-refractivity contribution in [3.8, 4) is 5.75 Å². The van der Waals surface area contributed by atoms with Crippen LogP contribution < -0.4 is 9.64 Å². The number of anilines is 1. The molecule has 0 spiro atoms. The number of amides is 1. The van der Waals surface area contributed by atoms with E-state index in [1.165, 1.54) is 4.90 Å². The molecule has 0 radical (unpaired) electrons. The van der Waals surface area contributed by atoms with E-state index in [1.807, 2.05) is 6.92 Å². The van der Waals surface area contributed by atoms with E-state index in [0.717, 1.165) is 0 Å². The van der Waals surface area contributed by atoms with Crippen molar-refractivity contribution in [3.05, 3.63) is 94.8 Å². The number of benzene rings is 2. The quantitative estimate of drug-likeness (QED) is 0.356. The molecule has 1 fully saturated rings. The molecule has 0 aliphatic carbocycles. The number of ketones is 1. The highest BCUT2D eigenvalue weighted by Gasteiger charge is 2.47. The topological polar surface area (TPSA) is 79.7 Å². The molecule has 3 aromatic rings. The first-order valence-electron chi connectivity index (χ1n) is 9.71. The molecule has 1 aromatic heterocycles. The van der Waals surface area contributed by atoms with Gasteiger partial charge >= 0.3 is 0 Å². The predicted octanol–water partition coefficient (Wildman–Crippen LogP) is 4.76. The fourth-order valence-corrected chi connectivity index (χ4v) is 3.74. The molecule has 0 bridgehead atoms. The molecule has 1 saturated heterocycles.